The predicted molar refractivity (Wildman–Crippen MR) is 165 cm³/mol. The van der Waals surface area contributed by atoms with Crippen LogP contribution in [0.15, 0.2) is 97.1 Å². The Kier molecular flexibility index (Phi) is 8.68. The van der Waals surface area contributed by atoms with Gasteiger partial charge in [-0.2, -0.15) is 0 Å². The minimum absolute atomic E-state index is 0.106. The molecule has 0 fully saturated rings. The summed E-state index contributed by atoms with van der Waals surface area (Å²) in [7, 11) is 5.50. The number of ether oxygens (including phenoxy) is 1. The van der Waals surface area contributed by atoms with Crippen molar-refractivity contribution in [3.8, 4) is 5.75 Å². The number of carbonyl (C=O) groups is 2. The van der Waals surface area contributed by atoms with Gasteiger partial charge < -0.3 is 19.9 Å². The quantitative estimate of drug-likeness (QED) is 0.231. The molecule has 9 nitrogen and oxygen atoms in total. The van der Waals surface area contributed by atoms with Crippen LogP contribution < -0.4 is 15.0 Å². The van der Waals surface area contributed by atoms with Crippen LogP contribution >= 0.6 is 11.6 Å². The molecule has 42 heavy (non-hydrogen) atoms. The molecule has 0 aliphatic heterocycles. The first-order chi connectivity index (χ1) is 20.3. The van der Waals surface area contributed by atoms with Crippen LogP contribution in [-0.2, 0) is 22.7 Å². The van der Waals surface area contributed by atoms with Gasteiger partial charge in [-0.25, -0.2) is 4.68 Å². The Morgan fingerprint density at radius 3 is 2.29 bits per heavy atom. The van der Waals surface area contributed by atoms with E-state index >= 15 is 0 Å². The summed E-state index contributed by atoms with van der Waals surface area (Å²) in [4.78, 5) is 31.7. The highest BCUT2D eigenvalue weighted by Crippen LogP contribution is 2.28. The van der Waals surface area contributed by atoms with Gasteiger partial charge in [0, 0.05) is 37.0 Å². The van der Waals surface area contributed by atoms with Gasteiger partial charge in [0.05, 0.1) is 12.6 Å². The molecule has 0 aliphatic rings. The number of aromatic nitrogens is 3. The van der Waals surface area contributed by atoms with Crippen molar-refractivity contribution in [1.29, 1.82) is 0 Å². The number of methoxy groups -OCH3 is 1. The molecule has 1 N–H and O–H groups in total. The summed E-state index contributed by atoms with van der Waals surface area (Å²) in [6.07, 6.45) is 0. The zero-order valence-electron chi connectivity index (χ0n) is 23.6. The average molecular weight is 583 g/mol. The number of rotatable bonds is 10. The maximum Gasteiger partial charge on any atom is 0.251 e. The number of para-hydroxylation sites is 1. The summed E-state index contributed by atoms with van der Waals surface area (Å²) in [5, 5.41) is 11.9. The normalized spacial score (nSPS) is 11.6. The van der Waals surface area contributed by atoms with Crippen molar-refractivity contribution < 1.29 is 14.3 Å². The summed E-state index contributed by atoms with van der Waals surface area (Å²) < 4.78 is 6.86. The fourth-order valence-corrected chi connectivity index (χ4v) is 4.80. The van der Waals surface area contributed by atoms with Gasteiger partial charge in [0.2, 0.25) is 5.91 Å². The van der Waals surface area contributed by atoms with Gasteiger partial charge in [0.1, 0.15) is 23.9 Å². The zero-order chi connectivity index (χ0) is 29.6. The van der Waals surface area contributed by atoms with Gasteiger partial charge in [-0.1, -0.05) is 53.2 Å². The van der Waals surface area contributed by atoms with Gasteiger partial charge >= 0.3 is 0 Å². The molecule has 1 heterocycles. The van der Waals surface area contributed by atoms with E-state index in [1.807, 2.05) is 91.8 Å². The Morgan fingerprint density at radius 2 is 1.62 bits per heavy atom. The van der Waals surface area contributed by atoms with Crippen molar-refractivity contribution >= 4 is 45.8 Å². The second kappa shape index (κ2) is 12.7. The summed E-state index contributed by atoms with van der Waals surface area (Å²) in [6, 6.07) is 28.3. The molecule has 0 unspecified atom stereocenters. The highest BCUT2D eigenvalue weighted by atomic mass is 35.5. The molecule has 2 amide bonds. The Labute approximate surface area is 249 Å². The van der Waals surface area contributed by atoms with Crippen molar-refractivity contribution in [2.24, 2.45) is 0 Å². The fourth-order valence-electron chi connectivity index (χ4n) is 4.68. The number of nitrogens with zero attached hydrogens (tertiary/aromatic N) is 5. The molecule has 1 atom stereocenters. The van der Waals surface area contributed by atoms with Gasteiger partial charge in [0.15, 0.2) is 0 Å². The highest BCUT2D eigenvalue weighted by molar-refractivity contribution is 6.30. The monoisotopic (exact) mass is 582 g/mol. The maximum atomic E-state index is 14.1. The molecule has 5 rings (SSSR count). The van der Waals surface area contributed by atoms with Crippen molar-refractivity contribution in [2.75, 3.05) is 31.4 Å². The molecule has 0 aliphatic carbocycles. The van der Waals surface area contributed by atoms with E-state index in [0.29, 0.717) is 27.5 Å². The summed E-state index contributed by atoms with van der Waals surface area (Å²) in [5.41, 5.74) is 4.47. The lowest BCUT2D eigenvalue weighted by atomic mass is 10.0. The second-order valence-corrected chi connectivity index (χ2v) is 10.4. The van der Waals surface area contributed by atoms with Crippen LogP contribution in [0, 0.1) is 0 Å². The van der Waals surface area contributed by atoms with Crippen molar-refractivity contribution in [1.82, 2.24) is 19.9 Å². The van der Waals surface area contributed by atoms with Crippen LogP contribution in [0.25, 0.3) is 11.0 Å². The average Bonchev–Trinajstić information content (AvgIpc) is 3.41. The molecule has 0 bridgehead atoms. The lowest BCUT2D eigenvalue weighted by molar-refractivity contribution is -0.140. The van der Waals surface area contributed by atoms with E-state index in [4.69, 9.17) is 16.3 Å². The lowest BCUT2D eigenvalue weighted by Gasteiger charge is -2.32. The van der Waals surface area contributed by atoms with Gasteiger partial charge in [-0.15, -0.1) is 5.10 Å². The number of hydrogen-bond acceptors (Lipinski definition) is 6. The fraction of sp³-hybridized carbons (Fsp3) is 0.188. The first-order valence-electron chi connectivity index (χ1n) is 13.4. The van der Waals surface area contributed by atoms with Crippen molar-refractivity contribution in [2.45, 2.75) is 19.1 Å². The maximum absolute atomic E-state index is 14.1. The van der Waals surface area contributed by atoms with E-state index < -0.39 is 6.04 Å². The standard InChI is InChI=1S/C32H31ClN6O3/c1-37(2)26-16-14-25(15-17-26)34-32(41)31(23-10-12-24(33)13-11-23)38(20-22-8-18-27(42-3)19-9-22)30(40)21-39-29-7-5-4-6-28(29)35-36-39/h4-19,31H,20-21H2,1-3H3,(H,34,41)/t31-/m1/s1. The molecule has 214 valence electrons. The molecule has 0 saturated heterocycles. The number of amides is 2. The summed E-state index contributed by atoms with van der Waals surface area (Å²) in [6.45, 7) is 0.0569. The van der Waals surface area contributed by atoms with Crippen LogP contribution in [0.5, 0.6) is 5.75 Å². The number of anilines is 2. The summed E-state index contributed by atoms with van der Waals surface area (Å²) >= 11 is 6.20. The third kappa shape index (κ3) is 6.53. The molecule has 0 spiro atoms. The van der Waals surface area contributed by atoms with E-state index in [9.17, 15) is 9.59 Å². The van der Waals surface area contributed by atoms with Crippen molar-refractivity contribution in [3.63, 3.8) is 0 Å². The van der Waals surface area contributed by atoms with Crippen LogP contribution in [-0.4, -0.2) is 52.9 Å². The van der Waals surface area contributed by atoms with Crippen LogP contribution in [0.4, 0.5) is 11.4 Å². The number of hydrogen-bond donors (Lipinski definition) is 1. The van der Waals surface area contributed by atoms with Gasteiger partial charge in [-0.05, 0) is 71.8 Å². The Morgan fingerprint density at radius 1 is 0.929 bits per heavy atom. The lowest BCUT2D eigenvalue weighted by Crippen LogP contribution is -2.42. The second-order valence-electron chi connectivity index (χ2n) is 9.99. The third-order valence-electron chi connectivity index (χ3n) is 6.93. The Balaban J connectivity index is 1.53. The molecule has 5 aromatic rings. The minimum atomic E-state index is -0.972. The first-order valence-corrected chi connectivity index (χ1v) is 13.7. The minimum Gasteiger partial charge on any atom is -0.497 e. The van der Waals surface area contributed by atoms with Crippen molar-refractivity contribution in [3.05, 3.63) is 113 Å². The molecule has 1 aromatic heterocycles. The number of benzene rings is 4. The van der Waals surface area contributed by atoms with E-state index in [1.165, 1.54) is 0 Å². The van der Waals surface area contributed by atoms with E-state index in [0.717, 1.165) is 16.8 Å². The van der Waals surface area contributed by atoms with E-state index in [1.54, 1.807) is 41.0 Å². The Bertz CT molecular complexity index is 1670. The zero-order valence-corrected chi connectivity index (χ0v) is 24.3. The van der Waals surface area contributed by atoms with Crippen LogP contribution in [0.1, 0.15) is 17.2 Å². The Hall–Kier alpha value is -4.89. The topological polar surface area (TPSA) is 92.6 Å². The molecule has 4 aromatic carbocycles. The van der Waals surface area contributed by atoms with Gasteiger partial charge in [0.25, 0.3) is 5.91 Å². The molecule has 0 radical (unpaired) electrons. The number of halogens is 1. The van der Waals surface area contributed by atoms with Crippen LogP contribution in [0.2, 0.25) is 5.02 Å². The molecular weight excluding hydrogens is 552 g/mol. The smallest absolute Gasteiger partial charge is 0.251 e. The third-order valence-corrected chi connectivity index (χ3v) is 7.19. The molecule has 10 heteroatoms. The number of nitrogens with one attached hydrogen (secondary N) is 1. The number of carbonyl (C=O) groups excluding carboxylic acids is 2. The number of fused-ring (bicyclic) bond motifs is 1. The predicted octanol–water partition coefficient (Wildman–Crippen LogP) is 5.57. The van der Waals surface area contributed by atoms with E-state index in [2.05, 4.69) is 15.6 Å². The molecular formula is C32H31ClN6O3. The highest BCUT2D eigenvalue weighted by Gasteiger charge is 2.32. The first kappa shape index (κ1) is 28.6. The largest absolute Gasteiger partial charge is 0.497 e. The molecule has 0 saturated carbocycles. The van der Waals surface area contributed by atoms with Gasteiger partial charge in [-0.3, -0.25) is 9.59 Å². The van der Waals surface area contributed by atoms with Crippen LogP contribution in [0.3, 0.4) is 0 Å². The van der Waals surface area contributed by atoms with E-state index in [-0.39, 0.29) is 24.9 Å². The summed E-state index contributed by atoms with van der Waals surface area (Å²) in [5.74, 6) is 0.0265. The SMILES string of the molecule is COc1ccc(CN(C(=O)Cn2nnc3ccccc32)[C@@H](C(=O)Nc2ccc(N(C)C)cc2)c2ccc(Cl)cc2)cc1.